The molecule has 1 aromatic heterocycles. The van der Waals surface area contributed by atoms with Gasteiger partial charge >= 0.3 is 6.18 Å². The Labute approximate surface area is 78.4 Å². The third-order valence-electron chi connectivity index (χ3n) is 1.51. The van der Waals surface area contributed by atoms with Gasteiger partial charge in [0.05, 0.1) is 0 Å². The van der Waals surface area contributed by atoms with Crippen LogP contribution in [0, 0.1) is 6.92 Å². The van der Waals surface area contributed by atoms with Gasteiger partial charge in [0.25, 0.3) is 0 Å². The second-order valence-corrected chi connectivity index (χ2v) is 2.50. The largest absolute Gasteiger partial charge is 0.435 e. The van der Waals surface area contributed by atoms with Gasteiger partial charge in [-0.3, -0.25) is 0 Å². The van der Waals surface area contributed by atoms with Crippen molar-refractivity contribution in [2.75, 3.05) is 12.3 Å². The monoisotopic (exact) mass is 208 g/mol. The van der Waals surface area contributed by atoms with Gasteiger partial charge in [0.1, 0.15) is 6.61 Å². The van der Waals surface area contributed by atoms with Crippen molar-refractivity contribution in [2.45, 2.75) is 13.1 Å². The van der Waals surface area contributed by atoms with Crippen LogP contribution in [0.25, 0.3) is 0 Å². The zero-order valence-corrected chi connectivity index (χ0v) is 7.43. The van der Waals surface area contributed by atoms with Crippen LogP contribution in [0.2, 0.25) is 0 Å². The number of hydrogen-bond donors (Lipinski definition) is 1. The molecule has 14 heavy (non-hydrogen) atoms. The van der Waals surface area contributed by atoms with Crippen molar-refractivity contribution in [3.63, 3.8) is 0 Å². The molecule has 0 aliphatic heterocycles. The lowest BCUT2D eigenvalue weighted by molar-refractivity contribution is -0.142. The van der Waals surface area contributed by atoms with Crippen molar-refractivity contribution in [1.82, 2.24) is 9.94 Å². The average molecular weight is 208 g/mol. The van der Waals surface area contributed by atoms with Crippen LogP contribution in [0.1, 0.15) is 18.2 Å². The Morgan fingerprint density at radius 3 is 2.50 bits per heavy atom. The van der Waals surface area contributed by atoms with Gasteiger partial charge in [-0.1, -0.05) is 4.85 Å². The van der Waals surface area contributed by atoms with Crippen LogP contribution >= 0.6 is 0 Å². The minimum atomic E-state index is -4.56. The highest BCUT2D eigenvalue weighted by Crippen LogP contribution is 2.32. The van der Waals surface area contributed by atoms with Gasteiger partial charge in [-0.25, -0.2) is 0 Å². The highest BCUT2D eigenvalue weighted by molar-refractivity contribution is 5.46. The number of aromatic nitrogens is 2. The Bertz CT molecular complexity index is 332. The summed E-state index contributed by atoms with van der Waals surface area (Å²) < 4.78 is 36.8. The van der Waals surface area contributed by atoms with Crippen molar-refractivity contribution < 1.29 is 18.0 Å². The molecule has 0 aliphatic rings. The van der Waals surface area contributed by atoms with E-state index in [4.69, 9.17) is 10.6 Å². The van der Waals surface area contributed by atoms with Crippen LogP contribution in [-0.4, -0.2) is 16.6 Å². The summed E-state index contributed by atoms with van der Waals surface area (Å²) in [5.41, 5.74) is 3.81. The number of hydrogen-bond acceptors (Lipinski definition) is 3. The highest BCUT2D eigenvalue weighted by atomic mass is 19.4. The Balaban J connectivity index is 3.15. The maximum Gasteiger partial charge on any atom is 0.435 e. The molecule has 0 amide bonds. The van der Waals surface area contributed by atoms with Crippen LogP contribution in [-0.2, 0) is 6.18 Å². The number of nitrogens with zero attached hydrogens (tertiary/aromatic N) is 2. The first-order chi connectivity index (χ1) is 6.38. The molecule has 0 aromatic carbocycles. The molecule has 0 fully saturated rings. The average Bonchev–Trinajstić information content (AvgIpc) is 2.32. The Morgan fingerprint density at radius 1 is 1.57 bits per heavy atom. The van der Waals surface area contributed by atoms with Crippen LogP contribution in [0.15, 0.2) is 0 Å². The summed E-state index contributed by atoms with van der Waals surface area (Å²) in [5.74, 6) is -0.237. The van der Waals surface area contributed by atoms with E-state index >= 15 is 0 Å². The van der Waals surface area contributed by atoms with Crippen LogP contribution in [0.4, 0.5) is 19.0 Å². The van der Waals surface area contributed by atoms with E-state index in [1.165, 1.54) is 0 Å². The second kappa shape index (κ2) is 3.39. The number of rotatable bonds is 2. The van der Waals surface area contributed by atoms with Gasteiger partial charge in [0.15, 0.2) is 11.5 Å². The summed E-state index contributed by atoms with van der Waals surface area (Å²) in [6.07, 6.45) is -4.56. The first kappa shape index (κ1) is 10.7. The van der Waals surface area contributed by atoms with Gasteiger partial charge in [-0.05, 0) is 13.8 Å². The van der Waals surface area contributed by atoms with Crippen molar-refractivity contribution in [1.29, 1.82) is 0 Å². The summed E-state index contributed by atoms with van der Waals surface area (Å²) >= 11 is 0. The maximum absolute atomic E-state index is 12.3. The fourth-order valence-corrected chi connectivity index (χ4v) is 0.890. The van der Waals surface area contributed by atoms with E-state index in [1.54, 1.807) is 6.92 Å². The molecule has 1 rings (SSSR count). The fraction of sp³-hybridized carbons (Fsp3) is 0.429. The Morgan fingerprint density at radius 2 is 2.14 bits per heavy atom. The number of alkyl halides is 3. The quantitative estimate of drug-likeness (QED) is 0.792. The molecule has 1 heterocycles. The van der Waals surface area contributed by atoms with Gasteiger partial charge in [0, 0.05) is 5.56 Å². The van der Waals surface area contributed by atoms with Gasteiger partial charge in [0.2, 0.25) is 0 Å². The molecular weight excluding hydrogens is 199 g/mol. The molecule has 1 radical (unpaired) electrons. The molecule has 0 aliphatic carbocycles. The first-order valence-electron chi connectivity index (χ1n) is 3.78. The van der Waals surface area contributed by atoms with Crippen LogP contribution in [0.3, 0.4) is 0 Å². The van der Waals surface area contributed by atoms with Gasteiger partial charge in [-0.2, -0.15) is 13.2 Å². The summed E-state index contributed by atoms with van der Waals surface area (Å²) in [6, 6.07) is 0. The Hall–Kier alpha value is -1.40. The highest BCUT2D eigenvalue weighted by Gasteiger charge is 2.37. The molecule has 2 N–H and O–H groups in total. The molecule has 0 bridgehead atoms. The summed E-state index contributed by atoms with van der Waals surface area (Å²) in [4.78, 5) is 5.36. The van der Waals surface area contributed by atoms with E-state index < -0.39 is 11.9 Å². The molecule has 0 saturated carbocycles. The smallest absolute Gasteiger partial charge is 0.395 e. The summed E-state index contributed by atoms with van der Waals surface area (Å²) in [5, 5.41) is 3.15. The van der Waals surface area contributed by atoms with E-state index in [0.29, 0.717) is 4.85 Å². The maximum atomic E-state index is 12.3. The first-order valence-corrected chi connectivity index (χ1v) is 3.78. The Kier molecular flexibility index (Phi) is 2.59. The number of anilines is 1. The molecule has 0 spiro atoms. The second-order valence-electron chi connectivity index (χ2n) is 2.50. The normalized spacial score (nSPS) is 11.8. The van der Waals surface area contributed by atoms with Crippen molar-refractivity contribution in [2.24, 2.45) is 0 Å². The fourth-order valence-electron chi connectivity index (χ4n) is 0.890. The molecule has 1 aromatic rings. The van der Waals surface area contributed by atoms with E-state index in [1.807, 2.05) is 0 Å². The third-order valence-corrected chi connectivity index (χ3v) is 1.51. The third kappa shape index (κ3) is 1.75. The topological polar surface area (TPSA) is 53.1 Å². The lowest BCUT2D eigenvalue weighted by atomic mass is 10.2. The lowest BCUT2D eigenvalue weighted by Crippen LogP contribution is -2.16. The molecule has 0 saturated heterocycles. The van der Waals surface area contributed by atoms with Crippen LogP contribution < -0.4 is 10.6 Å². The zero-order chi connectivity index (χ0) is 10.9. The molecule has 7 heteroatoms. The molecule has 4 nitrogen and oxygen atoms in total. The summed E-state index contributed by atoms with van der Waals surface area (Å²) in [7, 11) is 0. The van der Waals surface area contributed by atoms with E-state index in [0.717, 1.165) is 0 Å². The van der Waals surface area contributed by atoms with Gasteiger partial charge in [-0.15, -0.1) is 5.10 Å². The number of nitrogen functional groups attached to an aromatic ring is 1. The van der Waals surface area contributed by atoms with E-state index in [-0.39, 0.29) is 18.0 Å². The molecule has 0 atom stereocenters. The minimum Gasteiger partial charge on any atom is -0.395 e. The van der Waals surface area contributed by atoms with Crippen molar-refractivity contribution >= 4 is 5.82 Å². The molecule has 0 unspecified atom stereocenters. The predicted molar refractivity (Wildman–Crippen MR) is 43.2 cm³/mol. The zero-order valence-electron chi connectivity index (χ0n) is 7.43. The van der Waals surface area contributed by atoms with Gasteiger partial charge < -0.3 is 10.6 Å². The number of halogens is 3. The SMILES string of the molecule is [CH2]c1c(C(F)(F)F)nn(OCC)c1N. The number of nitrogens with two attached hydrogens (primary N) is 1. The van der Waals surface area contributed by atoms with Crippen molar-refractivity contribution in [3.8, 4) is 0 Å². The van der Waals surface area contributed by atoms with Crippen molar-refractivity contribution in [3.05, 3.63) is 18.2 Å². The molecule has 79 valence electrons. The minimum absolute atomic E-state index is 0.169. The van der Waals surface area contributed by atoms with E-state index in [2.05, 4.69) is 12.0 Å². The standard InChI is InChI=1S/C7H9F3N3O/c1-3-14-13-6(11)4(2)5(12-13)7(8,9)10/h2-3,11H2,1H3. The summed E-state index contributed by atoms with van der Waals surface area (Å²) in [6.45, 7) is 4.96. The molecular formula is C7H9F3N3O. The predicted octanol–water partition coefficient (Wildman–Crippen LogP) is 1.11. The van der Waals surface area contributed by atoms with E-state index in [9.17, 15) is 13.2 Å². The van der Waals surface area contributed by atoms with Crippen LogP contribution in [0.5, 0.6) is 0 Å². The lowest BCUT2D eigenvalue weighted by Gasteiger charge is -2.02.